The average molecular weight is 408 g/mol. The minimum atomic E-state index is -0.343. The van der Waals surface area contributed by atoms with E-state index < -0.39 is 0 Å². The number of aromatic nitrogens is 1. The Bertz CT molecular complexity index is 1030. The third-order valence-electron chi connectivity index (χ3n) is 6.53. The van der Waals surface area contributed by atoms with Crippen LogP contribution >= 0.6 is 0 Å². The summed E-state index contributed by atoms with van der Waals surface area (Å²) in [6.45, 7) is 6.75. The van der Waals surface area contributed by atoms with E-state index in [2.05, 4.69) is 18.7 Å². The van der Waals surface area contributed by atoms with Crippen molar-refractivity contribution in [3.63, 3.8) is 0 Å². The molecule has 1 aliphatic heterocycles. The van der Waals surface area contributed by atoms with Gasteiger partial charge in [0.05, 0.1) is 5.52 Å². The van der Waals surface area contributed by atoms with Crippen LogP contribution in [-0.2, 0) is 0 Å². The fourth-order valence-corrected chi connectivity index (χ4v) is 4.77. The van der Waals surface area contributed by atoms with Gasteiger partial charge in [0.15, 0.2) is 5.78 Å². The minimum absolute atomic E-state index is 0.101. The number of ketones is 1. The first kappa shape index (κ1) is 20.6. The molecule has 1 fully saturated rings. The third kappa shape index (κ3) is 3.99. The van der Waals surface area contributed by atoms with Gasteiger partial charge >= 0.3 is 0 Å². The van der Waals surface area contributed by atoms with Crippen molar-refractivity contribution in [2.75, 3.05) is 18.9 Å². The van der Waals surface area contributed by atoms with Gasteiger partial charge in [0, 0.05) is 28.8 Å². The number of hydrogen-bond acceptors (Lipinski definition) is 3. The van der Waals surface area contributed by atoms with Crippen LogP contribution in [0.15, 0.2) is 48.7 Å². The lowest BCUT2D eigenvalue weighted by Crippen LogP contribution is -2.39. The number of rotatable bonds is 6. The predicted molar refractivity (Wildman–Crippen MR) is 120 cm³/mol. The van der Waals surface area contributed by atoms with Crippen molar-refractivity contribution in [1.29, 1.82) is 0 Å². The van der Waals surface area contributed by atoms with Crippen LogP contribution in [0, 0.1) is 5.82 Å². The lowest BCUT2D eigenvalue weighted by molar-refractivity contribution is 0.103. The van der Waals surface area contributed by atoms with Crippen LogP contribution in [0.4, 0.5) is 4.39 Å². The first-order valence-electron chi connectivity index (χ1n) is 10.9. The largest absolute Gasteiger partial charge is 0.339 e. The summed E-state index contributed by atoms with van der Waals surface area (Å²) in [5.41, 5.74) is 3.25. The van der Waals surface area contributed by atoms with E-state index in [1.807, 2.05) is 18.3 Å². The Morgan fingerprint density at radius 2 is 1.80 bits per heavy atom. The van der Waals surface area contributed by atoms with Gasteiger partial charge in [-0.3, -0.25) is 9.47 Å². The normalized spacial score (nSPS) is 16.8. The maximum absolute atomic E-state index is 13.2. The fraction of sp³-hybridized carbons (Fsp3) is 0.400. The molecule has 1 unspecified atom stereocenters. The maximum atomic E-state index is 13.2. The second kappa shape index (κ2) is 8.60. The van der Waals surface area contributed by atoms with E-state index >= 15 is 0 Å². The summed E-state index contributed by atoms with van der Waals surface area (Å²) in [5.74, 6) is 6.23. The van der Waals surface area contributed by atoms with Crippen LogP contribution in [0.3, 0.4) is 0 Å². The highest BCUT2D eigenvalue weighted by Crippen LogP contribution is 2.35. The number of likely N-dealkylation sites (tertiary alicyclic amines) is 1. The van der Waals surface area contributed by atoms with E-state index in [1.54, 1.807) is 10.7 Å². The monoisotopic (exact) mass is 407 g/mol. The van der Waals surface area contributed by atoms with Crippen LogP contribution in [-0.4, -0.2) is 34.5 Å². The van der Waals surface area contributed by atoms with Crippen LogP contribution < -0.4 is 5.84 Å². The molecular formula is C25H30FN3O. The van der Waals surface area contributed by atoms with Gasteiger partial charge < -0.3 is 10.7 Å². The highest BCUT2D eigenvalue weighted by molar-refractivity contribution is 6.10. The number of halogens is 1. The summed E-state index contributed by atoms with van der Waals surface area (Å²) in [6.07, 6.45) is 6.67. The van der Waals surface area contributed by atoms with Crippen molar-refractivity contribution in [2.24, 2.45) is 0 Å². The highest BCUT2D eigenvalue weighted by atomic mass is 19.1. The predicted octanol–water partition coefficient (Wildman–Crippen LogP) is 5.09. The second-order valence-corrected chi connectivity index (χ2v) is 8.51. The lowest BCUT2D eigenvalue weighted by Gasteiger charge is -2.36. The van der Waals surface area contributed by atoms with Gasteiger partial charge in [-0.1, -0.05) is 13.3 Å². The number of piperidine rings is 1. The quantitative estimate of drug-likeness (QED) is 0.457. The molecule has 4 nitrogen and oxygen atoms in total. The molecule has 1 atom stereocenters. The zero-order valence-corrected chi connectivity index (χ0v) is 17.8. The second-order valence-electron chi connectivity index (χ2n) is 8.51. The van der Waals surface area contributed by atoms with Crippen LogP contribution in [0.25, 0.3) is 10.9 Å². The topological polar surface area (TPSA) is 51.3 Å². The summed E-state index contributed by atoms with van der Waals surface area (Å²) in [5, 5.41) is 1.05. The molecule has 2 aromatic carbocycles. The number of carbonyl (C=O) groups is 1. The zero-order valence-electron chi connectivity index (χ0n) is 17.8. The van der Waals surface area contributed by atoms with E-state index in [4.69, 9.17) is 5.84 Å². The average Bonchev–Trinajstić information content (AvgIpc) is 3.10. The standard InChI is InChI=1S/C25H30FN3O/c1-3-4-17(2)28-13-11-18(12-14-28)23-16-29(27)24-10-7-20(15-22(23)24)25(30)19-5-8-21(26)9-6-19/h5-10,15-18H,3-4,11-14,27H2,1-2H3. The van der Waals surface area contributed by atoms with Crippen LogP contribution in [0.5, 0.6) is 0 Å². The van der Waals surface area contributed by atoms with Gasteiger partial charge in [-0.2, -0.15) is 0 Å². The van der Waals surface area contributed by atoms with Crippen molar-refractivity contribution in [2.45, 2.75) is 51.5 Å². The number of nitrogens with two attached hydrogens (primary N) is 1. The summed E-state index contributed by atoms with van der Waals surface area (Å²) >= 11 is 0. The number of hydrogen-bond donors (Lipinski definition) is 1. The molecule has 0 aliphatic carbocycles. The molecule has 5 heteroatoms. The van der Waals surface area contributed by atoms with Gasteiger partial charge in [0.25, 0.3) is 0 Å². The minimum Gasteiger partial charge on any atom is -0.339 e. The Morgan fingerprint density at radius 3 is 2.47 bits per heavy atom. The van der Waals surface area contributed by atoms with E-state index in [0.717, 1.165) is 36.8 Å². The maximum Gasteiger partial charge on any atom is 0.193 e. The molecule has 2 heterocycles. The zero-order chi connectivity index (χ0) is 21.3. The van der Waals surface area contributed by atoms with Crippen molar-refractivity contribution in [1.82, 2.24) is 9.58 Å². The Balaban J connectivity index is 1.59. The third-order valence-corrected chi connectivity index (χ3v) is 6.53. The van der Waals surface area contributed by atoms with Crippen molar-refractivity contribution >= 4 is 16.7 Å². The molecule has 158 valence electrons. The van der Waals surface area contributed by atoms with E-state index in [9.17, 15) is 9.18 Å². The number of benzene rings is 2. The van der Waals surface area contributed by atoms with Gasteiger partial charge in [0.1, 0.15) is 5.82 Å². The summed E-state index contributed by atoms with van der Waals surface area (Å²) < 4.78 is 14.9. The molecule has 1 aliphatic rings. The smallest absolute Gasteiger partial charge is 0.193 e. The van der Waals surface area contributed by atoms with Crippen LogP contribution in [0.2, 0.25) is 0 Å². The number of nitrogens with zero attached hydrogens (tertiary/aromatic N) is 2. The number of carbonyl (C=O) groups excluding carboxylic acids is 1. The fourth-order valence-electron chi connectivity index (χ4n) is 4.77. The van der Waals surface area contributed by atoms with E-state index in [1.165, 1.54) is 42.7 Å². The molecule has 0 spiro atoms. The summed E-state index contributed by atoms with van der Waals surface area (Å²) in [6, 6.07) is 12.0. The molecule has 30 heavy (non-hydrogen) atoms. The summed E-state index contributed by atoms with van der Waals surface area (Å²) in [7, 11) is 0. The SMILES string of the molecule is CCCC(C)N1CCC(c2cn(N)c3ccc(C(=O)c4ccc(F)cc4)cc23)CC1. The Morgan fingerprint density at radius 1 is 1.13 bits per heavy atom. The molecule has 1 aromatic heterocycles. The van der Waals surface area contributed by atoms with Crippen molar-refractivity contribution in [3.8, 4) is 0 Å². The molecule has 2 N–H and O–H groups in total. The molecule has 0 saturated carbocycles. The van der Waals surface area contributed by atoms with Crippen molar-refractivity contribution in [3.05, 3.63) is 71.2 Å². The van der Waals surface area contributed by atoms with Crippen LogP contribution in [0.1, 0.15) is 66.9 Å². The first-order valence-corrected chi connectivity index (χ1v) is 10.9. The summed E-state index contributed by atoms with van der Waals surface area (Å²) in [4.78, 5) is 15.5. The molecule has 1 saturated heterocycles. The molecule has 3 aromatic rings. The van der Waals surface area contributed by atoms with E-state index in [-0.39, 0.29) is 11.6 Å². The molecule has 0 amide bonds. The Hall–Kier alpha value is -2.66. The molecule has 4 rings (SSSR count). The van der Waals surface area contributed by atoms with Gasteiger partial charge in [-0.05, 0) is 93.2 Å². The van der Waals surface area contributed by atoms with Gasteiger partial charge in [-0.25, -0.2) is 4.39 Å². The Labute approximate surface area is 177 Å². The number of fused-ring (bicyclic) bond motifs is 1. The Kier molecular flexibility index (Phi) is 5.91. The molecule has 0 bridgehead atoms. The lowest BCUT2D eigenvalue weighted by atomic mass is 9.88. The van der Waals surface area contributed by atoms with Gasteiger partial charge in [0.2, 0.25) is 0 Å². The van der Waals surface area contributed by atoms with E-state index in [0.29, 0.717) is 23.1 Å². The number of nitrogen functional groups attached to an aromatic ring is 1. The first-order chi connectivity index (χ1) is 14.5. The van der Waals surface area contributed by atoms with Gasteiger partial charge in [-0.15, -0.1) is 0 Å². The molecular weight excluding hydrogens is 377 g/mol. The van der Waals surface area contributed by atoms with Crippen molar-refractivity contribution < 1.29 is 9.18 Å². The molecule has 0 radical (unpaired) electrons. The highest BCUT2D eigenvalue weighted by Gasteiger charge is 2.26.